The standard InChI is InChI=1S/C11H17N3O3/c1-4-8(5-9(15)16)12-11(17)10-6(2)13-14-7(10)3/h8H,4-5H2,1-3H3,(H,12,17)(H,13,14)(H,15,16). The van der Waals surface area contributed by atoms with Gasteiger partial charge in [0.05, 0.1) is 17.7 Å². The molecule has 6 nitrogen and oxygen atoms in total. The van der Waals surface area contributed by atoms with Gasteiger partial charge in [0.2, 0.25) is 0 Å². The highest BCUT2D eigenvalue weighted by atomic mass is 16.4. The number of aliphatic carboxylic acids is 1. The lowest BCUT2D eigenvalue weighted by Gasteiger charge is -2.14. The molecule has 0 spiro atoms. The van der Waals surface area contributed by atoms with Crippen molar-refractivity contribution in [2.45, 2.75) is 39.7 Å². The van der Waals surface area contributed by atoms with Gasteiger partial charge in [0, 0.05) is 11.7 Å². The van der Waals surface area contributed by atoms with E-state index in [9.17, 15) is 9.59 Å². The highest BCUT2D eigenvalue weighted by Gasteiger charge is 2.19. The first-order valence-corrected chi connectivity index (χ1v) is 5.49. The molecule has 1 rings (SSSR count). The number of H-pyrrole nitrogens is 1. The lowest BCUT2D eigenvalue weighted by molar-refractivity contribution is -0.137. The summed E-state index contributed by atoms with van der Waals surface area (Å²) < 4.78 is 0. The van der Waals surface area contributed by atoms with Crippen LogP contribution in [0.2, 0.25) is 0 Å². The number of carbonyl (C=O) groups excluding carboxylic acids is 1. The first-order valence-electron chi connectivity index (χ1n) is 5.49. The van der Waals surface area contributed by atoms with Gasteiger partial charge in [-0.15, -0.1) is 0 Å². The molecule has 1 unspecified atom stereocenters. The Morgan fingerprint density at radius 3 is 2.53 bits per heavy atom. The molecule has 0 aliphatic rings. The van der Waals surface area contributed by atoms with Gasteiger partial charge in [0.1, 0.15) is 0 Å². The van der Waals surface area contributed by atoms with Gasteiger partial charge in [-0.05, 0) is 20.3 Å². The first kappa shape index (κ1) is 13.2. The Labute approximate surface area is 99.4 Å². The van der Waals surface area contributed by atoms with Crippen LogP contribution in [-0.4, -0.2) is 33.2 Å². The van der Waals surface area contributed by atoms with Crippen molar-refractivity contribution in [3.8, 4) is 0 Å². The van der Waals surface area contributed by atoms with Crippen molar-refractivity contribution in [2.24, 2.45) is 0 Å². The summed E-state index contributed by atoms with van der Waals surface area (Å²) in [6.45, 7) is 5.33. The van der Waals surface area contributed by atoms with E-state index in [0.717, 1.165) is 0 Å². The summed E-state index contributed by atoms with van der Waals surface area (Å²) in [5, 5.41) is 18.1. The number of rotatable bonds is 5. The molecule has 0 radical (unpaired) electrons. The summed E-state index contributed by atoms with van der Waals surface area (Å²) in [5.41, 5.74) is 1.80. The fraction of sp³-hybridized carbons (Fsp3) is 0.545. The molecule has 0 saturated carbocycles. The number of amides is 1. The fourth-order valence-corrected chi connectivity index (χ4v) is 1.65. The van der Waals surface area contributed by atoms with E-state index in [0.29, 0.717) is 23.4 Å². The van der Waals surface area contributed by atoms with Crippen LogP contribution in [0.4, 0.5) is 0 Å². The molecule has 1 aromatic rings. The molecule has 0 saturated heterocycles. The van der Waals surface area contributed by atoms with Gasteiger partial charge in [0.15, 0.2) is 0 Å². The minimum Gasteiger partial charge on any atom is -0.481 e. The molecule has 0 aliphatic heterocycles. The lowest BCUT2D eigenvalue weighted by atomic mass is 10.1. The number of aromatic amines is 1. The average Bonchev–Trinajstić information content (AvgIpc) is 2.56. The Balaban J connectivity index is 2.74. The van der Waals surface area contributed by atoms with E-state index in [-0.39, 0.29) is 18.4 Å². The van der Waals surface area contributed by atoms with E-state index >= 15 is 0 Å². The number of aromatic nitrogens is 2. The third-order valence-corrected chi connectivity index (χ3v) is 2.60. The molecule has 17 heavy (non-hydrogen) atoms. The molecule has 1 amide bonds. The maximum atomic E-state index is 11.9. The zero-order valence-corrected chi connectivity index (χ0v) is 10.2. The summed E-state index contributed by atoms with van der Waals surface area (Å²) in [5.74, 6) is -1.19. The zero-order chi connectivity index (χ0) is 13.0. The molecule has 94 valence electrons. The van der Waals surface area contributed by atoms with E-state index in [2.05, 4.69) is 15.5 Å². The van der Waals surface area contributed by atoms with Crippen LogP contribution in [-0.2, 0) is 4.79 Å². The van der Waals surface area contributed by atoms with Crippen LogP contribution >= 0.6 is 0 Å². The van der Waals surface area contributed by atoms with Crippen molar-refractivity contribution < 1.29 is 14.7 Å². The van der Waals surface area contributed by atoms with Crippen molar-refractivity contribution in [1.82, 2.24) is 15.5 Å². The number of aryl methyl sites for hydroxylation is 2. The second-order valence-corrected chi connectivity index (χ2v) is 3.99. The molecule has 6 heteroatoms. The van der Waals surface area contributed by atoms with Crippen molar-refractivity contribution in [3.63, 3.8) is 0 Å². The van der Waals surface area contributed by atoms with Gasteiger partial charge in [-0.3, -0.25) is 14.7 Å². The molecular formula is C11H17N3O3. The molecule has 0 aliphatic carbocycles. The molecule has 3 N–H and O–H groups in total. The topological polar surface area (TPSA) is 95.1 Å². The van der Waals surface area contributed by atoms with Crippen LogP contribution in [0.1, 0.15) is 41.5 Å². The van der Waals surface area contributed by atoms with Crippen LogP contribution in [0.15, 0.2) is 0 Å². The monoisotopic (exact) mass is 239 g/mol. The van der Waals surface area contributed by atoms with Gasteiger partial charge >= 0.3 is 5.97 Å². The quantitative estimate of drug-likeness (QED) is 0.714. The summed E-state index contributed by atoms with van der Waals surface area (Å²) in [7, 11) is 0. The molecule has 0 fully saturated rings. The Morgan fingerprint density at radius 2 is 2.12 bits per heavy atom. The van der Waals surface area contributed by atoms with Gasteiger partial charge < -0.3 is 10.4 Å². The van der Waals surface area contributed by atoms with Crippen molar-refractivity contribution in [1.29, 1.82) is 0 Å². The van der Waals surface area contributed by atoms with Crippen LogP contribution in [0.5, 0.6) is 0 Å². The van der Waals surface area contributed by atoms with Gasteiger partial charge in [-0.1, -0.05) is 6.92 Å². The summed E-state index contributed by atoms with van der Waals surface area (Å²) in [4.78, 5) is 22.5. The second kappa shape index (κ2) is 5.47. The molecule has 0 aromatic carbocycles. The van der Waals surface area contributed by atoms with Gasteiger partial charge in [-0.25, -0.2) is 0 Å². The Morgan fingerprint density at radius 1 is 1.47 bits per heavy atom. The van der Waals surface area contributed by atoms with Gasteiger partial charge in [0.25, 0.3) is 5.91 Å². The maximum Gasteiger partial charge on any atom is 0.305 e. The number of hydrogen-bond acceptors (Lipinski definition) is 3. The minimum atomic E-state index is -0.919. The number of nitrogens with one attached hydrogen (secondary N) is 2. The zero-order valence-electron chi connectivity index (χ0n) is 10.2. The summed E-state index contributed by atoms with van der Waals surface area (Å²) >= 11 is 0. The number of carboxylic acids is 1. The fourth-order valence-electron chi connectivity index (χ4n) is 1.65. The molecule has 0 bridgehead atoms. The summed E-state index contributed by atoms with van der Waals surface area (Å²) in [6, 6.07) is -0.353. The van der Waals surface area contributed by atoms with E-state index in [1.54, 1.807) is 13.8 Å². The first-order chi connectivity index (χ1) is 7.95. The van der Waals surface area contributed by atoms with Crippen LogP contribution in [0, 0.1) is 13.8 Å². The van der Waals surface area contributed by atoms with Crippen molar-refractivity contribution in [2.75, 3.05) is 0 Å². The normalized spacial score (nSPS) is 12.2. The Hall–Kier alpha value is -1.85. The number of hydrogen-bond donors (Lipinski definition) is 3. The van der Waals surface area contributed by atoms with E-state index in [1.807, 2.05) is 6.92 Å². The van der Waals surface area contributed by atoms with E-state index in [4.69, 9.17) is 5.11 Å². The lowest BCUT2D eigenvalue weighted by Crippen LogP contribution is -2.36. The Bertz CT molecular complexity index is 406. The Kier molecular flexibility index (Phi) is 4.25. The third-order valence-electron chi connectivity index (χ3n) is 2.60. The maximum absolute atomic E-state index is 11.9. The third kappa shape index (κ3) is 3.30. The predicted molar refractivity (Wildman–Crippen MR) is 61.9 cm³/mol. The molecule has 1 heterocycles. The van der Waals surface area contributed by atoms with E-state index in [1.165, 1.54) is 0 Å². The smallest absolute Gasteiger partial charge is 0.305 e. The van der Waals surface area contributed by atoms with Crippen LogP contribution < -0.4 is 5.32 Å². The molecule has 1 atom stereocenters. The molecule has 1 aromatic heterocycles. The largest absolute Gasteiger partial charge is 0.481 e. The average molecular weight is 239 g/mol. The van der Waals surface area contributed by atoms with Crippen LogP contribution in [0.3, 0.4) is 0 Å². The number of nitrogens with zero attached hydrogens (tertiary/aromatic N) is 1. The van der Waals surface area contributed by atoms with Crippen molar-refractivity contribution in [3.05, 3.63) is 17.0 Å². The minimum absolute atomic E-state index is 0.0712. The van der Waals surface area contributed by atoms with E-state index < -0.39 is 5.97 Å². The predicted octanol–water partition coefficient (Wildman–Crippen LogP) is 1.01. The highest BCUT2D eigenvalue weighted by Crippen LogP contribution is 2.10. The van der Waals surface area contributed by atoms with Crippen molar-refractivity contribution >= 4 is 11.9 Å². The SMILES string of the molecule is CCC(CC(=O)O)NC(=O)c1c(C)n[nH]c1C. The molecular weight excluding hydrogens is 222 g/mol. The highest BCUT2D eigenvalue weighted by molar-refractivity contribution is 5.96. The number of carbonyl (C=O) groups is 2. The van der Waals surface area contributed by atoms with Crippen LogP contribution in [0.25, 0.3) is 0 Å². The summed E-state index contributed by atoms with van der Waals surface area (Å²) in [6.07, 6.45) is 0.506. The number of carboxylic acid groups (broad SMARTS) is 1. The van der Waals surface area contributed by atoms with Gasteiger partial charge in [-0.2, -0.15) is 5.10 Å². The second-order valence-electron chi connectivity index (χ2n) is 3.99.